The molecule has 0 fully saturated rings. The summed E-state index contributed by atoms with van der Waals surface area (Å²) >= 11 is 3.19. The van der Waals surface area contributed by atoms with Gasteiger partial charge in [-0.05, 0) is 29.8 Å². The van der Waals surface area contributed by atoms with Crippen LogP contribution in [0.1, 0.15) is 15.9 Å². The molecule has 3 N–H and O–H groups in total. The van der Waals surface area contributed by atoms with Gasteiger partial charge in [-0.25, -0.2) is 10.2 Å². The van der Waals surface area contributed by atoms with Gasteiger partial charge in [0.2, 0.25) is 0 Å². The van der Waals surface area contributed by atoms with Crippen LogP contribution in [0.3, 0.4) is 0 Å². The second-order valence-corrected chi connectivity index (χ2v) is 4.98. The lowest BCUT2D eigenvalue weighted by Gasteiger charge is -2.08. The molecule has 0 aromatic heterocycles. The van der Waals surface area contributed by atoms with E-state index in [1.165, 1.54) is 12.1 Å². The molecular formula is C14H12BrFN2O2. The van der Waals surface area contributed by atoms with Crippen LogP contribution in [0.4, 0.5) is 4.39 Å². The number of hydrogen-bond acceptors (Lipinski definition) is 3. The Balaban J connectivity index is 2.09. The van der Waals surface area contributed by atoms with E-state index in [-0.39, 0.29) is 18.3 Å². The second kappa shape index (κ2) is 6.49. The summed E-state index contributed by atoms with van der Waals surface area (Å²) in [5.74, 6) is 4.72. The molecule has 0 heterocycles. The third kappa shape index (κ3) is 3.79. The highest BCUT2D eigenvalue weighted by Crippen LogP contribution is 2.21. The predicted molar refractivity (Wildman–Crippen MR) is 76.5 cm³/mol. The molecule has 0 atom stereocenters. The largest absolute Gasteiger partial charge is 0.489 e. The first-order valence-corrected chi connectivity index (χ1v) is 6.56. The van der Waals surface area contributed by atoms with Crippen molar-refractivity contribution in [2.75, 3.05) is 0 Å². The van der Waals surface area contributed by atoms with Gasteiger partial charge in [-0.15, -0.1) is 0 Å². The summed E-state index contributed by atoms with van der Waals surface area (Å²) in [7, 11) is 0. The average molecular weight is 339 g/mol. The van der Waals surface area contributed by atoms with Crippen LogP contribution in [0.2, 0.25) is 0 Å². The summed E-state index contributed by atoms with van der Waals surface area (Å²) in [6.07, 6.45) is 0. The monoisotopic (exact) mass is 338 g/mol. The lowest BCUT2D eigenvalue weighted by molar-refractivity contribution is 0.0953. The molecule has 2 aromatic rings. The number of rotatable bonds is 4. The first-order chi connectivity index (χ1) is 9.58. The van der Waals surface area contributed by atoms with E-state index in [4.69, 9.17) is 10.6 Å². The molecule has 0 saturated carbocycles. The van der Waals surface area contributed by atoms with Gasteiger partial charge < -0.3 is 4.74 Å². The normalized spacial score (nSPS) is 10.2. The van der Waals surface area contributed by atoms with Crippen LogP contribution in [0.25, 0.3) is 0 Å². The average Bonchev–Trinajstić information content (AvgIpc) is 2.43. The van der Waals surface area contributed by atoms with Crippen LogP contribution >= 0.6 is 15.9 Å². The van der Waals surface area contributed by atoms with Crippen molar-refractivity contribution in [3.8, 4) is 5.75 Å². The maximum atomic E-state index is 13.2. The number of hydrazine groups is 1. The number of amides is 1. The highest BCUT2D eigenvalue weighted by molar-refractivity contribution is 9.10. The van der Waals surface area contributed by atoms with Crippen molar-refractivity contribution in [1.29, 1.82) is 0 Å². The second-order valence-electron chi connectivity index (χ2n) is 4.07. The first-order valence-electron chi connectivity index (χ1n) is 5.77. The Kier molecular flexibility index (Phi) is 4.70. The number of ether oxygens (including phenoxy) is 1. The minimum absolute atomic E-state index is 0.224. The van der Waals surface area contributed by atoms with E-state index < -0.39 is 0 Å². The molecule has 0 saturated heterocycles. The molecule has 2 aromatic carbocycles. The smallest absolute Gasteiger partial charge is 0.265 e. The fourth-order valence-corrected chi connectivity index (χ4v) is 2.11. The third-order valence-corrected chi connectivity index (χ3v) is 3.02. The third-order valence-electron chi connectivity index (χ3n) is 2.56. The number of nitrogens with one attached hydrogen (secondary N) is 1. The van der Waals surface area contributed by atoms with Gasteiger partial charge in [-0.2, -0.15) is 0 Å². The van der Waals surface area contributed by atoms with Crippen LogP contribution in [0, 0.1) is 5.82 Å². The van der Waals surface area contributed by atoms with Gasteiger partial charge in [-0.3, -0.25) is 10.2 Å². The van der Waals surface area contributed by atoms with Crippen molar-refractivity contribution >= 4 is 21.8 Å². The molecule has 1 amide bonds. The van der Waals surface area contributed by atoms with Crippen LogP contribution < -0.4 is 16.0 Å². The molecule has 0 spiro atoms. The SMILES string of the molecule is NNC(=O)c1cccc(COc2cc(F)cc(Br)c2)c1. The molecular weight excluding hydrogens is 327 g/mol. The van der Waals surface area contributed by atoms with Crippen LogP contribution in [-0.2, 0) is 6.61 Å². The van der Waals surface area contributed by atoms with Crippen molar-refractivity contribution in [1.82, 2.24) is 5.43 Å². The Morgan fingerprint density at radius 3 is 2.80 bits per heavy atom. The number of benzene rings is 2. The maximum Gasteiger partial charge on any atom is 0.265 e. The first kappa shape index (κ1) is 14.5. The zero-order valence-electron chi connectivity index (χ0n) is 10.4. The molecule has 104 valence electrons. The van der Waals surface area contributed by atoms with Crippen molar-refractivity contribution in [3.63, 3.8) is 0 Å². The van der Waals surface area contributed by atoms with E-state index >= 15 is 0 Å². The number of carbonyl (C=O) groups excluding carboxylic acids is 1. The molecule has 0 aliphatic rings. The number of nitrogens with two attached hydrogens (primary N) is 1. The number of halogens is 2. The van der Waals surface area contributed by atoms with Crippen molar-refractivity contribution in [3.05, 3.63) is 63.9 Å². The molecule has 4 nitrogen and oxygen atoms in total. The Bertz CT molecular complexity index is 614. The Morgan fingerprint density at radius 2 is 2.10 bits per heavy atom. The molecule has 0 aliphatic heterocycles. The Labute approximate surface area is 123 Å². The van der Waals surface area contributed by atoms with Crippen LogP contribution in [0.5, 0.6) is 5.75 Å². The molecule has 20 heavy (non-hydrogen) atoms. The Hall–Kier alpha value is -1.92. The zero-order chi connectivity index (χ0) is 14.5. The fraction of sp³-hybridized carbons (Fsp3) is 0.0714. The quantitative estimate of drug-likeness (QED) is 0.511. The van der Waals surface area contributed by atoms with Crippen molar-refractivity contribution in [2.45, 2.75) is 6.61 Å². The molecule has 0 unspecified atom stereocenters. The highest BCUT2D eigenvalue weighted by atomic mass is 79.9. The zero-order valence-corrected chi connectivity index (χ0v) is 12.0. The van der Waals surface area contributed by atoms with E-state index in [0.717, 1.165) is 5.56 Å². The highest BCUT2D eigenvalue weighted by Gasteiger charge is 2.05. The van der Waals surface area contributed by atoms with E-state index in [1.807, 2.05) is 6.07 Å². The van der Waals surface area contributed by atoms with E-state index in [1.54, 1.807) is 24.3 Å². The minimum atomic E-state index is -0.384. The molecule has 0 bridgehead atoms. The number of hydrogen-bond donors (Lipinski definition) is 2. The van der Waals surface area contributed by atoms with Gasteiger partial charge >= 0.3 is 0 Å². The summed E-state index contributed by atoms with van der Waals surface area (Å²) in [6, 6.07) is 11.1. The summed E-state index contributed by atoms with van der Waals surface area (Å²) in [5, 5.41) is 0. The van der Waals surface area contributed by atoms with E-state index in [2.05, 4.69) is 21.4 Å². The van der Waals surface area contributed by atoms with Crippen LogP contribution in [-0.4, -0.2) is 5.91 Å². The summed E-state index contributed by atoms with van der Waals surface area (Å²) in [6.45, 7) is 0.224. The van der Waals surface area contributed by atoms with Gasteiger partial charge in [0.15, 0.2) is 0 Å². The van der Waals surface area contributed by atoms with E-state index in [9.17, 15) is 9.18 Å². The lowest BCUT2D eigenvalue weighted by Crippen LogP contribution is -2.30. The van der Waals surface area contributed by atoms with Gasteiger partial charge in [-0.1, -0.05) is 28.1 Å². The fourth-order valence-electron chi connectivity index (χ4n) is 1.66. The topological polar surface area (TPSA) is 64.3 Å². The van der Waals surface area contributed by atoms with Gasteiger partial charge in [0.05, 0.1) is 0 Å². The number of nitrogen functional groups attached to an aromatic ring is 1. The standard InChI is InChI=1S/C14H12BrFN2O2/c15-11-5-12(16)7-13(6-11)20-8-9-2-1-3-10(4-9)14(19)18-17/h1-7H,8,17H2,(H,18,19). The molecule has 2 rings (SSSR count). The maximum absolute atomic E-state index is 13.2. The lowest BCUT2D eigenvalue weighted by atomic mass is 10.1. The summed E-state index contributed by atoms with van der Waals surface area (Å²) < 4.78 is 19.3. The molecule has 6 heteroatoms. The van der Waals surface area contributed by atoms with Crippen molar-refractivity contribution in [2.24, 2.45) is 5.84 Å². The van der Waals surface area contributed by atoms with Gasteiger partial charge in [0.25, 0.3) is 5.91 Å². The predicted octanol–water partition coefficient (Wildman–Crippen LogP) is 2.77. The van der Waals surface area contributed by atoms with E-state index in [0.29, 0.717) is 15.8 Å². The Morgan fingerprint density at radius 1 is 1.30 bits per heavy atom. The summed E-state index contributed by atoms with van der Waals surface area (Å²) in [4.78, 5) is 11.4. The van der Waals surface area contributed by atoms with Crippen LogP contribution in [0.15, 0.2) is 46.9 Å². The number of carbonyl (C=O) groups is 1. The minimum Gasteiger partial charge on any atom is -0.489 e. The van der Waals surface area contributed by atoms with Crippen molar-refractivity contribution < 1.29 is 13.9 Å². The molecule has 0 aliphatic carbocycles. The molecule has 0 radical (unpaired) electrons. The summed E-state index contributed by atoms with van der Waals surface area (Å²) in [5.41, 5.74) is 3.28. The van der Waals surface area contributed by atoms with Gasteiger partial charge in [0.1, 0.15) is 18.2 Å². The van der Waals surface area contributed by atoms with Gasteiger partial charge in [0, 0.05) is 16.1 Å².